The van der Waals surface area contributed by atoms with Crippen molar-refractivity contribution >= 4 is 29.2 Å². The summed E-state index contributed by atoms with van der Waals surface area (Å²) in [5.74, 6) is -0.0962. The van der Waals surface area contributed by atoms with E-state index in [-0.39, 0.29) is 30.8 Å². The van der Waals surface area contributed by atoms with Gasteiger partial charge in [0.25, 0.3) is 0 Å². The van der Waals surface area contributed by atoms with E-state index in [9.17, 15) is 9.59 Å². The number of cyclic esters (lactones) is 1. The molecule has 2 aromatic carbocycles. The fraction of sp³-hybridized carbons (Fsp3) is 0.182. The van der Waals surface area contributed by atoms with Crippen LogP contribution in [0.1, 0.15) is 17.9 Å². The SMILES string of the molecule is C=CCOc1ccc([C@@H]2CC(=O)N(c3ccc(Cl)cc3)C3=C2C(=O)OC3)cc1. The number of benzene rings is 2. The van der Waals surface area contributed by atoms with Crippen LogP contribution < -0.4 is 9.64 Å². The Balaban J connectivity index is 1.70. The number of carbonyl (C=O) groups is 2. The first kappa shape index (κ1) is 18.3. The van der Waals surface area contributed by atoms with Crippen LogP contribution in [0.25, 0.3) is 0 Å². The average Bonchev–Trinajstić information content (AvgIpc) is 3.09. The fourth-order valence-electron chi connectivity index (χ4n) is 3.58. The van der Waals surface area contributed by atoms with Crippen LogP contribution in [0.4, 0.5) is 5.69 Å². The first-order chi connectivity index (χ1) is 13.6. The number of halogens is 1. The number of esters is 1. The molecule has 0 radical (unpaired) electrons. The van der Waals surface area contributed by atoms with Gasteiger partial charge < -0.3 is 9.47 Å². The largest absolute Gasteiger partial charge is 0.490 e. The predicted molar refractivity (Wildman–Crippen MR) is 106 cm³/mol. The van der Waals surface area contributed by atoms with Gasteiger partial charge in [-0.05, 0) is 42.0 Å². The Labute approximate surface area is 167 Å². The number of rotatable bonds is 5. The molecule has 0 saturated carbocycles. The van der Waals surface area contributed by atoms with Gasteiger partial charge in [-0.1, -0.05) is 36.4 Å². The van der Waals surface area contributed by atoms with Gasteiger partial charge in [0.2, 0.25) is 5.91 Å². The number of nitrogens with zero attached hydrogens (tertiary/aromatic N) is 1. The van der Waals surface area contributed by atoms with Crippen molar-refractivity contribution in [2.45, 2.75) is 12.3 Å². The minimum atomic E-state index is -0.376. The Morgan fingerprint density at radius 3 is 2.54 bits per heavy atom. The number of hydrogen-bond donors (Lipinski definition) is 0. The standard InChI is InChI=1S/C22H18ClNO4/c1-2-11-27-17-9-3-14(4-10-17)18-12-20(25)24(16-7-5-15(23)6-8-16)19-13-28-22(26)21(18)19/h2-10,18H,1,11-13H2/t18-/m0/s1. The highest BCUT2D eigenvalue weighted by Gasteiger charge is 2.42. The van der Waals surface area contributed by atoms with Crippen molar-refractivity contribution in [3.63, 3.8) is 0 Å². The minimum absolute atomic E-state index is 0.0829. The molecule has 2 aromatic rings. The smallest absolute Gasteiger partial charge is 0.336 e. The number of ether oxygens (including phenoxy) is 2. The molecule has 28 heavy (non-hydrogen) atoms. The lowest BCUT2D eigenvalue weighted by molar-refractivity contribution is -0.136. The van der Waals surface area contributed by atoms with Gasteiger partial charge in [0.1, 0.15) is 19.0 Å². The Hall–Kier alpha value is -3.05. The second-order valence-electron chi connectivity index (χ2n) is 6.57. The number of anilines is 1. The zero-order valence-corrected chi connectivity index (χ0v) is 15.8. The Morgan fingerprint density at radius 2 is 1.86 bits per heavy atom. The molecule has 4 rings (SSSR count). The zero-order chi connectivity index (χ0) is 19.7. The van der Waals surface area contributed by atoms with Gasteiger partial charge in [-0.2, -0.15) is 0 Å². The van der Waals surface area contributed by atoms with Crippen LogP contribution >= 0.6 is 11.6 Å². The van der Waals surface area contributed by atoms with Gasteiger partial charge in [-0.25, -0.2) is 4.79 Å². The summed E-state index contributed by atoms with van der Waals surface area (Å²) in [4.78, 5) is 27.0. The van der Waals surface area contributed by atoms with E-state index in [0.717, 1.165) is 5.56 Å². The quantitative estimate of drug-likeness (QED) is 0.561. The summed E-state index contributed by atoms with van der Waals surface area (Å²) in [6, 6.07) is 14.4. The third-order valence-electron chi connectivity index (χ3n) is 4.85. The van der Waals surface area contributed by atoms with Crippen LogP contribution in [0.15, 0.2) is 72.5 Å². The van der Waals surface area contributed by atoms with E-state index in [0.29, 0.717) is 34.3 Å². The highest BCUT2D eigenvalue weighted by atomic mass is 35.5. The minimum Gasteiger partial charge on any atom is -0.490 e. The molecular weight excluding hydrogens is 378 g/mol. The van der Waals surface area contributed by atoms with Crippen molar-refractivity contribution in [3.8, 4) is 5.75 Å². The lowest BCUT2D eigenvalue weighted by Crippen LogP contribution is -2.37. The fourth-order valence-corrected chi connectivity index (χ4v) is 3.71. The monoisotopic (exact) mass is 395 g/mol. The third kappa shape index (κ3) is 3.29. The normalized spacial score (nSPS) is 18.8. The summed E-state index contributed by atoms with van der Waals surface area (Å²) in [5, 5.41) is 0.581. The molecule has 0 aliphatic carbocycles. The van der Waals surface area contributed by atoms with E-state index in [1.165, 1.54) is 0 Å². The van der Waals surface area contributed by atoms with Crippen molar-refractivity contribution in [2.75, 3.05) is 18.1 Å². The van der Waals surface area contributed by atoms with E-state index < -0.39 is 0 Å². The van der Waals surface area contributed by atoms with Crippen molar-refractivity contribution in [3.05, 3.63) is 83.0 Å². The molecule has 2 aliphatic rings. The lowest BCUT2D eigenvalue weighted by Gasteiger charge is -2.32. The molecule has 142 valence electrons. The van der Waals surface area contributed by atoms with Crippen molar-refractivity contribution in [1.29, 1.82) is 0 Å². The van der Waals surface area contributed by atoms with Crippen molar-refractivity contribution in [1.82, 2.24) is 0 Å². The first-order valence-corrected chi connectivity index (χ1v) is 9.28. The highest BCUT2D eigenvalue weighted by molar-refractivity contribution is 6.30. The van der Waals surface area contributed by atoms with Gasteiger partial charge in [0.05, 0.1) is 11.3 Å². The van der Waals surface area contributed by atoms with Crippen LogP contribution in [-0.4, -0.2) is 25.1 Å². The van der Waals surface area contributed by atoms with E-state index in [2.05, 4.69) is 6.58 Å². The summed E-state index contributed by atoms with van der Waals surface area (Å²) in [7, 11) is 0. The summed E-state index contributed by atoms with van der Waals surface area (Å²) in [6.07, 6.45) is 1.86. The summed E-state index contributed by atoms with van der Waals surface area (Å²) < 4.78 is 10.8. The van der Waals surface area contributed by atoms with Crippen LogP contribution in [0, 0.1) is 0 Å². The topological polar surface area (TPSA) is 55.8 Å². The molecule has 1 atom stereocenters. The second-order valence-corrected chi connectivity index (χ2v) is 7.00. The molecule has 0 spiro atoms. The summed E-state index contributed by atoms with van der Waals surface area (Å²) >= 11 is 5.96. The zero-order valence-electron chi connectivity index (χ0n) is 15.1. The summed E-state index contributed by atoms with van der Waals surface area (Å²) in [5.41, 5.74) is 2.68. The predicted octanol–water partition coefficient (Wildman–Crippen LogP) is 4.24. The van der Waals surface area contributed by atoms with E-state index in [4.69, 9.17) is 21.1 Å². The van der Waals surface area contributed by atoms with Crippen LogP contribution in [-0.2, 0) is 14.3 Å². The molecule has 2 aliphatic heterocycles. The second kappa shape index (κ2) is 7.52. The molecule has 5 nitrogen and oxygen atoms in total. The van der Waals surface area contributed by atoms with Crippen molar-refractivity contribution < 1.29 is 19.1 Å². The van der Waals surface area contributed by atoms with E-state index in [1.54, 1.807) is 35.2 Å². The molecule has 0 aromatic heterocycles. The third-order valence-corrected chi connectivity index (χ3v) is 5.10. The Bertz CT molecular complexity index is 963. The molecule has 6 heteroatoms. The number of amides is 1. The summed E-state index contributed by atoms with van der Waals surface area (Å²) in [6.45, 7) is 4.12. The van der Waals surface area contributed by atoms with E-state index >= 15 is 0 Å². The molecule has 0 unspecified atom stereocenters. The van der Waals surface area contributed by atoms with Crippen LogP contribution in [0.2, 0.25) is 5.02 Å². The Morgan fingerprint density at radius 1 is 1.14 bits per heavy atom. The van der Waals surface area contributed by atoms with Gasteiger partial charge >= 0.3 is 5.97 Å². The average molecular weight is 396 g/mol. The highest BCUT2D eigenvalue weighted by Crippen LogP contribution is 2.42. The van der Waals surface area contributed by atoms with Gasteiger partial charge in [-0.15, -0.1) is 0 Å². The van der Waals surface area contributed by atoms with Gasteiger partial charge in [0, 0.05) is 23.0 Å². The van der Waals surface area contributed by atoms with Crippen LogP contribution in [0.3, 0.4) is 0 Å². The van der Waals surface area contributed by atoms with Crippen molar-refractivity contribution in [2.24, 2.45) is 0 Å². The molecular formula is C22H18ClNO4. The molecule has 0 saturated heterocycles. The van der Waals surface area contributed by atoms with Crippen LogP contribution in [0.5, 0.6) is 5.75 Å². The molecule has 0 bridgehead atoms. The lowest BCUT2D eigenvalue weighted by atomic mass is 9.84. The molecule has 1 amide bonds. The molecule has 0 N–H and O–H groups in total. The molecule has 2 heterocycles. The maximum Gasteiger partial charge on any atom is 0.336 e. The Kier molecular flexibility index (Phi) is 4.92. The van der Waals surface area contributed by atoms with E-state index in [1.807, 2.05) is 24.3 Å². The maximum atomic E-state index is 13.0. The molecule has 0 fully saturated rings. The number of carbonyl (C=O) groups excluding carboxylic acids is 2. The maximum absolute atomic E-state index is 13.0. The number of hydrogen-bond acceptors (Lipinski definition) is 4. The van der Waals surface area contributed by atoms with Gasteiger partial charge in [-0.3, -0.25) is 9.69 Å². The van der Waals surface area contributed by atoms with Gasteiger partial charge in [0.15, 0.2) is 0 Å². The first-order valence-electron chi connectivity index (χ1n) is 8.91.